The maximum absolute atomic E-state index is 12.8. The molecule has 1 N–H and O–H groups in total. The Hall–Kier alpha value is -2.90. The molecule has 0 bridgehead atoms. The number of fused-ring (bicyclic) bond motifs is 1. The van der Waals surface area contributed by atoms with Gasteiger partial charge in [0.1, 0.15) is 0 Å². The summed E-state index contributed by atoms with van der Waals surface area (Å²) in [7, 11) is 0. The number of carbonyl (C=O) groups excluding carboxylic acids is 3. The van der Waals surface area contributed by atoms with Gasteiger partial charge in [-0.2, -0.15) is 5.10 Å². The monoisotopic (exact) mass is 355 g/mol. The largest absolute Gasteiger partial charge is 0.339 e. The maximum Gasteiger partial charge on any atom is 0.229 e. The SMILES string of the molecule is CC(=O)N1CCN(C(=O)[C@@H]2CC(=O)N(c3n[nH]c4ccccc34)C2)CC1. The van der Waals surface area contributed by atoms with Crippen LogP contribution in [0.5, 0.6) is 0 Å². The third-order valence-electron chi connectivity index (χ3n) is 5.22. The second kappa shape index (κ2) is 6.44. The summed E-state index contributed by atoms with van der Waals surface area (Å²) in [5.74, 6) is 0.167. The number of rotatable bonds is 2. The third-order valence-corrected chi connectivity index (χ3v) is 5.22. The molecule has 3 heterocycles. The standard InChI is InChI=1S/C18H21N5O3/c1-12(24)21-6-8-22(9-7-21)18(26)13-10-16(25)23(11-13)17-14-4-2-3-5-15(14)19-20-17/h2-5,13H,6-11H2,1H3,(H,19,20)/t13-/m1/s1. The molecule has 8 nitrogen and oxygen atoms in total. The molecule has 0 aliphatic carbocycles. The van der Waals surface area contributed by atoms with Crippen LogP contribution in [0.15, 0.2) is 24.3 Å². The number of benzene rings is 1. The van der Waals surface area contributed by atoms with E-state index in [0.29, 0.717) is 38.5 Å². The molecule has 2 aliphatic heterocycles. The summed E-state index contributed by atoms with van der Waals surface area (Å²) in [6.45, 7) is 4.03. The molecule has 8 heteroatoms. The van der Waals surface area contributed by atoms with Crippen LogP contribution in [0.4, 0.5) is 5.82 Å². The number of piperazine rings is 1. The van der Waals surface area contributed by atoms with Crippen molar-refractivity contribution in [2.24, 2.45) is 5.92 Å². The first-order valence-electron chi connectivity index (χ1n) is 8.82. The summed E-state index contributed by atoms with van der Waals surface area (Å²) in [5, 5.41) is 8.08. The number of aromatic nitrogens is 2. The van der Waals surface area contributed by atoms with E-state index in [-0.39, 0.29) is 30.1 Å². The van der Waals surface area contributed by atoms with E-state index < -0.39 is 0 Å². The van der Waals surface area contributed by atoms with Crippen molar-refractivity contribution in [2.45, 2.75) is 13.3 Å². The Labute approximate surface area is 150 Å². The number of hydrogen-bond acceptors (Lipinski definition) is 4. The first-order chi connectivity index (χ1) is 12.5. The van der Waals surface area contributed by atoms with Gasteiger partial charge in [-0.25, -0.2) is 0 Å². The van der Waals surface area contributed by atoms with E-state index >= 15 is 0 Å². The smallest absolute Gasteiger partial charge is 0.229 e. The zero-order chi connectivity index (χ0) is 18.3. The Morgan fingerprint density at radius 3 is 2.54 bits per heavy atom. The Bertz CT molecular complexity index is 869. The molecule has 1 aromatic heterocycles. The average Bonchev–Trinajstić information content (AvgIpc) is 3.24. The quantitative estimate of drug-likeness (QED) is 0.855. The molecular formula is C18H21N5O3. The van der Waals surface area contributed by atoms with Crippen molar-refractivity contribution in [3.63, 3.8) is 0 Å². The predicted octanol–water partition coefficient (Wildman–Crippen LogP) is 0.607. The van der Waals surface area contributed by atoms with E-state index in [9.17, 15) is 14.4 Å². The van der Waals surface area contributed by atoms with Crippen LogP contribution in [-0.4, -0.2) is 70.4 Å². The molecule has 1 aromatic carbocycles. The third kappa shape index (κ3) is 2.81. The van der Waals surface area contributed by atoms with Crippen molar-refractivity contribution in [2.75, 3.05) is 37.6 Å². The lowest BCUT2D eigenvalue weighted by Crippen LogP contribution is -2.51. The summed E-state index contributed by atoms with van der Waals surface area (Å²) in [4.78, 5) is 41.9. The van der Waals surface area contributed by atoms with Gasteiger partial charge in [-0.05, 0) is 12.1 Å². The van der Waals surface area contributed by atoms with Crippen molar-refractivity contribution >= 4 is 34.4 Å². The molecule has 136 valence electrons. The molecule has 1 atom stereocenters. The zero-order valence-corrected chi connectivity index (χ0v) is 14.6. The lowest BCUT2D eigenvalue weighted by molar-refractivity contribution is -0.141. The minimum Gasteiger partial charge on any atom is -0.339 e. The van der Waals surface area contributed by atoms with Gasteiger partial charge in [-0.3, -0.25) is 24.4 Å². The number of aromatic amines is 1. The summed E-state index contributed by atoms with van der Waals surface area (Å²) in [6, 6.07) is 7.63. The molecular weight excluding hydrogens is 334 g/mol. The Morgan fingerprint density at radius 2 is 1.81 bits per heavy atom. The van der Waals surface area contributed by atoms with Crippen LogP contribution < -0.4 is 4.90 Å². The molecule has 0 spiro atoms. The van der Waals surface area contributed by atoms with Crippen LogP contribution in [0.1, 0.15) is 13.3 Å². The molecule has 2 saturated heterocycles. The summed E-state index contributed by atoms with van der Waals surface area (Å²) < 4.78 is 0. The molecule has 2 fully saturated rings. The van der Waals surface area contributed by atoms with Crippen LogP contribution >= 0.6 is 0 Å². The number of nitrogens with zero attached hydrogens (tertiary/aromatic N) is 4. The van der Waals surface area contributed by atoms with E-state index in [1.165, 1.54) is 0 Å². The van der Waals surface area contributed by atoms with Gasteiger partial charge in [0.05, 0.1) is 11.4 Å². The van der Waals surface area contributed by atoms with Crippen LogP contribution in [0.3, 0.4) is 0 Å². The fourth-order valence-electron chi connectivity index (χ4n) is 3.73. The predicted molar refractivity (Wildman–Crippen MR) is 95.4 cm³/mol. The van der Waals surface area contributed by atoms with Gasteiger partial charge < -0.3 is 9.80 Å². The Kier molecular flexibility index (Phi) is 4.10. The highest BCUT2D eigenvalue weighted by atomic mass is 16.2. The van der Waals surface area contributed by atoms with Gasteiger partial charge in [0.25, 0.3) is 0 Å². The highest BCUT2D eigenvalue weighted by Crippen LogP contribution is 2.30. The molecule has 3 amide bonds. The summed E-state index contributed by atoms with van der Waals surface area (Å²) in [6.07, 6.45) is 0.201. The molecule has 2 aromatic rings. The summed E-state index contributed by atoms with van der Waals surface area (Å²) >= 11 is 0. The average molecular weight is 355 g/mol. The maximum atomic E-state index is 12.8. The first-order valence-corrected chi connectivity index (χ1v) is 8.82. The zero-order valence-electron chi connectivity index (χ0n) is 14.6. The number of carbonyl (C=O) groups is 3. The molecule has 0 saturated carbocycles. The second-order valence-corrected chi connectivity index (χ2v) is 6.83. The number of anilines is 1. The van der Waals surface area contributed by atoms with Crippen LogP contribution in [-0.2, 0) is 14.4 Å². The highest BCUT2D eigenvalue weighted by Gasteiger charge is 2.39. The van der Waals surface area contributed by atoms with E-state index in [2.05, 4.69) is 10.2 Å². The van der Waals surface area contributed by atoms with Gasteiger partial charge in [0, 0.05) is 51.5 Å². The van der Waals surface area contributed by atoms with Crippen LogP contribution in [0.2, 0.25) is 0 Å². The van der Waals surface area contributed by atoms with E-state index in [1.54, 1.807) is 21.6 Å². The highest BCUT2D eigenvalue weighted by molar-refractivity contribution is 6.05. The van der Waals surface area contributed by atoms with Gasteiger partial charge >= 0.3 is 0 Å². The number of nitrogens with one attached hydrogen (secondary N) is 1. The van der Waals surface area contributed by atoms with Gasteiger partial charge in [0.15, 0.2) is 5.82 Å². The Balaban J connectivity index is 1.46. The fourth-order valence-corrected chi connectivity index (χ4v) is 3.73. The first kappa shape index (κ1) is 16.6. The Morgan fingerprint density at radius 1 is 1.12 bits per heavy atom. The minimum atomic E-state index is -0.359. The van der Waals surface area contributed by atoms with Crippen molar-refractivity contribution in [1.82, 2.24) is 20.0 Å². The van der Waals surface area contributed by atoms with Gasteiger partial charge in [0.2, 0.25) is 17.7 Å². The normalized spacial score (nSPS) is 20.9. The second-order valence-electron chi connectivity index (χ2n) is 6.83. The van der Waals surface area contributed by atoms with Crippen molar-refractivity contribution in [3.8, 4) is 0 Å². The van der Waals surface area contributed by atoms with Gasteiger partial charge in [-0.15, -0.1) is 0 Å². The van der Waals surface area contributed by atoms with E-state index in [0.717, 1.165) is 10.9 Å². The summed E-state index contributed by atoms with van der Waals surface area (Å²) in [5.41, 5.74) is 0.866. The van der Waals surface area contributed by atoms with E-state index in [4.69, 9.17) is 0 Å². The molecule has 26 heavy (non-hydrogen) atoms. The van der Waals surface area contributed by atoms with E-state index in [1.807, 2.05) is 24.3 Å². The minimum absolute atomic E-state index is 0.0103. The van der Waals surface area contributed by atoms with Crippen LogP contribution in [0.25, 0.3) is 10.9 Å². The molecule has 4 rings (SSSR count). The fraction of sp³-hybridized carbons (Fsp3) is 0.444. The number of amides is 3. The molecule has 0 unspecified atom stereocenters. The lowest BCUT2D eigenvalue weighted by atomic mass is 10.1. The number of H-pyrrole nitrogens is 1. The molecule has 2 aliphatic rings. The van der Waals surface area contributed by atoms with Crippen molar-refractivity contribution in [1.29, 1.82) is 0 Å². The van der Waals surface area contributed by atoms with Gasteiger partial charge in [-0.1, -0.05) is 12.1 Å². The number of hydrogen-bond donors (Lipinski definition) is 1. The topological polar surface area (TPSA) is 89.6 Å². The van der Waals surface area contributed by atoms with Crippen molar-refractivity contribution < 1.29 is 14.4 Å². The molecule has 0 radical (unpaired) electrons. The van der Waals surface area contributed by atoms with Crippen molar-refractivity contribution in [3.05, 3.63) is 24.3 Å². The lowest BCUT2D eigenvalue weighted by Gasteiger charge is -2.35. The number of para-hydroxylation sites is 1. The van der Waals surface area contributed by atoms with Crippen LogP contribution in [0, 0.1) is 5.92 Å².